The zero-order chi connectivity index (χ0) is 33.4. The molecule has 0 saturated carbocycles. The minimum atomic E-state index is -4.89. The van der Waals surface area contributed by atoms with E-state index in [0.717, 1.165) is 11.1 Å². The van der Waals surface area contributed by atoms with E-state index in [1.807, 2.05) is 30.3 Å². The maximum atomic E-state index is 13.3. The first kappa shape index (κ1) is 36.1. The molecule has 15 heteroatoms. The third kappa shape index (κ3) is 12.2. The monoisotopic (exact) mass is 659 g/mol. The Morgan fingerprint density at radius 2 is 1.39 bits per heavy atom. The normalized spacial score (nSPS) is 12.8. The van der Waals surface area contributed by atoms with E-state index in [1.165, 1.54) is 0 Å². The standard InChI is InChI=1S/C31H37N3O11S/c35-28(12-15-43-17-19-45-20-18-44-16-13-30(37)38)33-21-27(46(40,41)42)31(39)32-14-11-29(36)34-22-25-7-2-1-5-23(25)9-10-24-6-3-4-8-26(24)34/h1-8,27H,11-22H2,(H,32,39)(H,33,35)(H,37,38)(H,40,41,42). The molecule has 3 amide bonds. The van der Waals surface area contributed by atoms with Crippen molar-refractivity contribution in [3.05, 3.63) is 65.2 Å². The van der Waals surface area contributed by atoms with Gasteiger partial charge in [-0.25, -0.2) is 0 Å². The second kappa shape index (κ2) is 18.6. The molecule has 2 aromatic rings. The van der Waals surface area contributed by atoms with Crippen LogP contribution < -0.4 is 15.5 Å². The van der Waals surface area contributed by atoms with Gasteiger partial charge in [-0.3, -0.25) is 23.7 Å². The lowest BCUT2D eigenvalue weighted by atomic mass is 10.0. The Hall–Kier alpha value is -4.33. The quantitative estimate of drug-likeness (QED) is 0.0942. The van der Waals surface area contributed by atoms with Crippen LogP contribution in [-0.4, -0.2) is 99.7 Å². The van der Waals surface area contributed by atoms with Gasteiger partial charge in [0.25, 0.3) is 10.1 Å². The molecular formula is C31H37N3O11S. The van der Waals surface area contributed by atoms with Crippen LogP contribution in [0.5, 0.6) is 0 Å². The molecule has 0 spiro atoms. The van der Waals surface area contributed by atoms with E-state index in [2.05, 4.69) is 22.5 Å². The van der Waals surface area contributed by atoms with Gasteiger partial charge >= 0.3 is 5.97 Å². The summed E-state index contributed by atoms with van der Waals surface area (Å²) in [6.45, 7) is 0.277. The number of carbonyl (C=O) groups excluding carboxylic acids is 3. The topological polar surface area (TPSA) is 198 Å². The summed E-state index contributed by atoms with van der Waals surface area (Å²) in [5.74, 6) is 3.26. The fourth-order valence-corrected chi connectivity index (χ4v) is 4.89. The minimum absolute atomic E-state index is 0.00909. The summed E-state index contributed by atoms with van der Waals surface area (Å²) in [6, 6.07) is 14.6. The fraction of sp³-hybridized carbons (Fsp3) is 0.419. The second-order valence-corrected chi connectivity index (χ2v) is 11.6. The highest BCUT2D eigenvalue weighted by Gasteiger charge is 2.31. The highest BCUT2D eigenvalue weighted by Crippen LogP contribution is 2.25. The molecular weight excluding hydrogens is 622 g/mol. The van der Waals surface area contributed by atoms with Gasteiger partial charge in [0.2, 0.25) is 17.7 Å². The lowest BCUT2D eigenvalue weighted by molar-refractivity contribution is -0.138. The molecule has 14 nitrogen and oxygen atoms in total. The Morgan fingerprint density at radius 3 is 2.07 bits per heavy atom. The summed E-state index contributed by atoms with van der Waals surface area (Å²) >= 11 is 0. The van der Waals surface area contributed by atoms with Crippen molar-refractivity contribution in [3.63, 3.8) is 0 Å². The van der Waals surface area contributed by atoms with Crippen LogP contribution >= 0.6 is 0 Å². The zero-order valence-electron chi connectivity index (χ0n) is 25.1. The SMILES string of the molecule is O=C(O)CCOCCOCCOCCC(=O)NCC(C(=O)NCCC(=O)N1Cc2ccccc2C#Cc2ccccc21)S(=O)(=O)O. The molecule has 1 aliphatic heterocycles. The summed E-state index contributed by atoms with van der Waals surface area (Å²) in [7, 11) is -4.89. The van der Waals surface area contributed by atoms with E-state index in [9.17, 15) is 32.1 Å². The number of hydrogen-bond acceptors (Lipinski definition) is 9. The third-order valence-corrected chi connectivity index (χ3v) is 7.73. The Morgan fingerprint density at radius 1 is 0.804 bits per heavy atom. The van der Waals surface area contributed by atoms with Crippen LogP contribution in [0.1, 0.15) is 36.0 Å². The maximum Gasteiger partial charge on any atom is 0.305 e. The average Bonchev–Trinajstić information content (AvgIpc) is 3.00. The van der Waals surface area contributed by atoms with Crippen molar-refractivity contribution in [1.29, 1.82) is 0 Å². The first-order valence-corrected chi connectivity index (χ1v) is 16.0. The number of carboxylic acids is 1. The summed E-state index contributed by atoms with van der Waals surface area (Å²) in [5, 5.41) is 11.2. The number of rotatable bonds is 19. The van der Waals surface area contributed by atoms with Crippen molar-refractivity contribution in [2.75, 3.05) is 57.6 Å². The molecule has 1 unspecified atom stereocenters. The number of fused-ring (bicyclic) bond motifs is 2. The van der Waals surface area contributed by atoms with E-state index >= 15 is 0 Å². The highest BCUT2D eigenvalue weighted by atomic mass is 32.2. The van der Waals surface area contributed by atoms with E-state index < -0.39 is 39.7 Å². The number of nitrogens with one attached hydrogen (secondary N) is 2. The Bertz CT molecular complexity index is 1540. The van der Waals surface area contributed by atoms with Crippen molar-refractivity contribution in [3.8, 4) is 11.8 Å². The van der Waals surface area contributed by atoms with Crippen LogP contribution in [0.25, 0.3) is 0 Å². The van der Waals surface area contributed by atoms with Crippen molar-refractivity contribution in [2.45, 2.75) is 31.1 Å². The Labute approximate surface area is 267 Å². The van der Waals surface area contributed by atoms with Gasteiger partial charge in [0, 0.05) is 37.1 Å². The van der Waals surface area contributed by atoms with E-state index in [1.54, 1.807) is 23.1 Å². The van der Waals surface area contributed by atoms with Gasteiger partial charge in [-0.05, 0) is 23.8 Å². The molecule has 0 aliphatic carbocycles. The van der Waals surface area contributed by atoms with E-state index in [4.69, 9.17) is 19.3 Å². The van der Waals surface area contributed by atoms with Crippen LogP contribution in [-0.2, 0) is 50.1 Å². The number of nitrogens with zero attached hydrogens (tertiary/aromatic N) is 1. The van der Waals surface area contributed by atoms with E-state index in [0.29, 0.717) is 11.3 Å². The predicted octanol–water partition coefficient (Wildman–Crippen LogP) is 0.727. The van der Waals surface area contributed by atoms with Crippen molar-refractivity contribution < 1.29 is 51.5 Å². The first-order valence-electron chi connectivity index (χ1n) is 14.5. The lowest BCUT2D eigenvalue weighted by Gasteiger charge is -2.26. The molecule has 2 aromatic carbocycles. The van der Waals surface area contributed by atoms with Crippen LogP contribution in [0.3, 0.4) is 0 Å². The number of benzene rings is 2. The van der Waals surface area contributed by atoms with Crippen LogP contribution in [0.15, 0.2) is 48.5 Å². The molecule has 248 valence electrons. The van der Waals surface area contributed by atoms with Gasteiger partial charge in [-0.15, -0.1) is 0 Å². The van der Waals surface area contributed by atoms with Crippen LogP contribution in [0.2, 0.25) is 0 Å². The summed E-state index contributed by atoms with van der Waals surface area (Å²) in [4.78, 5) is 50.1. The van der Waals surface area contributed by atoms with Crippen LogP contribution in [0.4, 0.5) is 5.69 Å². The number of anilines is 1. The van der Waals surface area contributed by atoms with Crippen molar-refractivity contribution in [1.82, 2.24) is 10.6 Å². The maximum absolute atomic E-state index is 13.3. The minimum Gasteiger partial charge on any atom is -0.481 e. The van der Waals surface area contributed by atoms with Crippen molar-refractivity contribution in [2.24, 2.45) is 0 Å². The number of hydrogen-bond donors (Lipinski definition) is 4. The molecule has 3 rings (SSSR count). The third-order valence-electron chi connectivity index (χ3n) is 6.63. The van der Waals surface area contributed by atoms with Crippen LogP contribution in [0, 0.1) is 11.8 Å². The van der Waals surface area contributed by atoms with Gasteiger partial charge in [0.05, 0.1) is 58.3 Å². The number of carboxylic acid groups (broad SMARTS) is 1. The van der Waals surface area contributed by atoms with Gasteiger partial charge in [-0.2, -0.15) is 8.42 Å². The fourth-order valence-electron chi connectivity index (χ4n) is 4.24. The highest BCUT2D eigenvalue weighted by molar-refractivity contribution is 7.87. The lowest BCUT2D eigenvalue weighted by Crippen LogP contribution is -2.47. The Balaban J connectivity index is 1.41. The Kier molecular flexibility index (Phi) is 14.6. The number of amides is 3. The number of para-hydroxylation sites is 1. The zero-order valence-corrected chi connectivity index (χ0v) is 25.9. The number of ether oxygens (including phenoxy) is 3. The molecule has 0 bridgehead atoms. The van der Waals surface area contributed by atoms with E-state index in [-0.39, 0.29) is 77.9 Å². The smallest absolute Gasteiger partial charge is 0.305 e. The molecule has 0 aromatic heterocycles. The molecule has 1 atom stereocenters. The molecule has 0 radical (unpaired) electrons. The second-order valence-electron chi connectivity index (χ2n) is 9.98. The number of carbonyl (C=O) groups is 4. The van der Waals surface area contributed by atoms with Gasteiger partial charge in [0.15, 0.2) is 5.25 Å². The predicted molar refractivity (Wildman–Crippen MR) is 165 cm³/mol. The molecule has 1 aliphatic rings. The first-order chi connectivity index (χ1) is 22.1. The molecule has 0 saturated heterocycles. The molecule has 0 fully saturated rings. The van der Waals surface area contributed by atoms with Gasteiger partial charge < -0.3 is 34.9 Å². The van der Waals surface area contributed by atoms with Gasteiger partial charge in [0.1, 0.15) is 0 Å². The van der Waals surface area contributed by atoms with Crippen molar-refractivity contribution >= 4 is 39.5 Å². The average molecular weight is 660 g/mol. The largest absolute Gasteiger partial charge is 0.481 e. The summed E-state index contributed by atoms with van der Waals surface area (Å²) in [6.07, 6.45) is -0.403. The number of aliphatic carboxylic acids is 1. The molecule has 46 heavy (non-hydrogen) atoms. The summed E-state index contributed by atoms with van der Waals surface area (Å²) < 4.78 is 49.0. The molecule has 1 heterocycles. The van der Waals surface area contributed by atoms with Gasteiger partial charge in [-0.1, -0.05) is 42.2 Å². The summed E-state index contributed by atoms with van der Waals surface area (Å²) in [5.41, 5.74) is 2.90. The molecule has 4 N–H and O–H groups in total.